The molecule has 0 saturated carbocycles. The lowest BCUT2D eigenvalue weighted by molar-refractivity contribution is 0.123. The van der Waals surface area contributed by atoms with Crippen molar-refractivity contribution < 1.29 is 14.3 Å². The normalized spacial score (nSPS) is 14.2. The Bertz CT molecular complexity index is 1940. The summed E-state index contributed by atoms with van der Waals surface area (Å²) < 4.78 is 15.6. The molecule has 1 amide bonds. The number of hydrogen-bond donors (Lipinski definition) is 3. The van der Waals surface area contributed by atoms with Gasteiger partial charge in [0.15, 0.2) is 0 Å². The predicted octanol–water partition coefficient (Wildman–Crippen LogP) is 7.45. The van der Waals surface area contributed by atoms with Gasteiger partial charge in [0.05, 0.1) is 45.1 Å². The number of halogens is 4. The summed E-state index contributed by atoms with van der Waals surface area (Å²) in [5.74, 6) is -0.567. The van der Waals surface area contributed by atoms with Crippen LogP contribution in [0.3, 0.4) is 0 Å². The van der Waals surface area contributed by atoms with Gasteiger partial charge in [0.25, 0.3) is 0 Å². The molecule has 1 aliphatic rings. The Hall–Kier alpha value is -4.70. The first-order chi connectivity index (χ1) is 21.7. The Labute approximate surface area is 271 Å². The van der Waals surface area contributed by atoms with Gasteiger partial charge in [0.1, 0.15) is 22.7 Å². The zero-order chi connectivity index (χ0) is 31.7. The minimum atomic E-state index is -0.932. The highest BCUT2D eigenvalue weighted by atomic mass is 35.5. The third kappa shape index (κ3) is 6.42. The van der Waals surface area contributed by atoms with E-state index >= 15 is 0 Å². The summed E-state index contributed by atoms with van der Waals surface area (Å²) in [7, 11) is 0. The Kier molecular flexibility index (Phi) is 8.58. The molecule has 0 aliphatic carbocycles. The Balaban J connectivity index is 1.37. The Morgan fingerprint density at radius 1 is 1.04 bits per heavy atom. The first kappa shape index (κ1) is 30.3. The lowest BCUT2D eigenvalue weighted by Crippen LogP contribution is -2.38. The summed E-state index contributed by atoms with van der Waals surface area (Å²) in [4.78, 5) is 21.4. The molecule has 2 aromatic carbocycles. The van der Waals surface area contributed by atoms with Crippen molar-refractivity contribution in [3.63, 3.8) is 0 Å². The Morgan fingerprint density at radius 3 is 2.51 bits per heavy atom. The Morgan fingerprint density at radius 2 is 1.82 bits per heavy atom. The largest absolute Gasteiger partial charge is 0.465 e. The number of hydrogen-bond acceptors (Lipinski definition) is 8. The van der Waals surface area contributed by atoms with E-state index in [4.69, 9.17) is 34.8 Å². The smallest absolute Gasteiger partial charge is 0.407 e. The van der Waals surface area contributed by atoms with Gasteiger partial charge in [-0.2, -0.15) is 5.26 Å². The number of piperidine rings is 1. The lowest BCUT2D eigenvalue weighted by atomic mass is 10.0. The fourth-order valence-electron chi connectivity index (χ4n) is 5.26. The molecule has 1 aliphatic heterocycles. The summed E-state index contributed by atoms with van der Waals surface area (Å²) in [6, 6.07) is 12.7. The van der Waals surface area contributed by atoms with Crippen molar-refractivity contribution >= 4 is 68.9 Å². The summed E-state index contributed by atoms with van der Waals surface area (Å²) in [5, 5.41) is 35.8. The van der Waals surface area contributed by atoms with E-state index in [1.54, 1.807) is 29.1 Å². The molecular weight excluding hydrogens is 644 g/mol. The maximum atomic E-state index is 13.8. The predicted molar refractivity (Wildman–Crippen MR) is 169 cm³/mol. The van der Waals surface area contributed by atoms with Crippen molar-refractivity contribution in [1.29, 1.82) is 5.26 Å². The first-order valence-electron chi connectivity index (χ1n) is 13.7. The van der Waals surface area contributed by atoms with Gasteiger partial charge in [0.2, 0.25) is 0 Å². The van der Waals surface area contributed by atoms with Crippen LogP contribution in [-0.4, -0.2) is 54.2 Å². The number of nitrogens with one attached hydrogen (secondary N) is 2. The minimum absolute atomic E-state index is 0.00923. The van der Waals surface area contributed by atoms with Gasteiger partial charge in [-0.15, -0.1) is 5.10 Å². The van der Waals surface area contributed by atoms with Crippen molar-refractivity contribution in [1.82, 2.24) is 29.9 Å². The van der Waals surface area contributed by atoms with Crippen LogP contribution in [0.15, 0.2) is 61.1 Å². The third-order valence-electron chi connectivity index (χ3n) is 7.56. The molecule has 1 saturated heterocycles. The maximum absolute atomic E-state index is 13.8. The van der Waals surface area contributed by atoms with Crippen molar-refractivity contribution in [2.75, 3.05) is 23.7 Å². The summed E-state index contributed by atoms with van der Waals surface area (Å²) >= 11 is 18.8. The summed E-state index contributed by atoms with van der Waals surface area (Å²) in [5.41, 5.74) is 3.47. The molecule has 6 rings (SSSR count). The molecular formula is C30H23Cl3FN9O2. The lowest BCUT2D eigenvalue weighted by Gasteiger charge is -2.29. The van der Waals surface area contributed by atoms with Gasteiger partial charge in [-0.05, 0) is 54.8 Å². The van der Waals surface area contributed by atoms with Crippen LogP contribution in [0, 0.1) is 17.1 Å². The number of rotatable bonds is 7. The van der Waals surface area contributed by atoms with E-state index in [0.717, 1.165) is 5.56 Å². The maximum Gasteiger partial charge on any atom is 0.407 e. The molecule has 0 bridgehead atoms. The molecule has 4 heterocycles. The number of anilines is 3. The summed E-state index contributed by atoms with van der Waals surface area (Å²) in [6.45, 7) is 0.819. The number of nitrogens with zero attached hydrogens (tertiary/aromatic N) is 7. The SMILES string of the molecule is N#Cc1cnc2c(Cl)cc(N[C@@H](c3ccc(Cl)nc3)c3cn(C4CCN(C(=O)O)CC4)nn3)cc2c1Nc1ccc(F)c(Cl)c1. The molecule has 1 fully saturated rings. The molecule has 45 heavy (non-hydrogen) atoms. The number of likely N-dealkylation sites (tertiary alicyclic amines) is 1. The van der Waals surface area contributed by atoms with Crippen LogP contribution >= 0.6 is 34.8 Å². The molecule has 11 nitrogen and oxygen atoms in total. The van der Waals surface area contributed by atoms with Gasteiger partial charge in [-0.3, -0.25) is 4.98 Å². The number of pyridine rings is 2. The van der Waals surface area contributed by atoms with E-state index in [1.807, 2.05) is 12.3 Å². The molecule has 0 unspecified atom stereocenters. The van der Waals surface area contributed by atoms with Crippen LogP contribution in [0.25, 0.3) is 10.9 Å². The summed E-state index contributed by atoms with van der Waals surface area (Å²) in [6.07, 6.45) is 5.16. The van der Waals surface area contributed by atoms with Gasteiger partial charge >= 0.3 is 6.09 Å². The topological polar surface area (TPSA) is 145 Å². The third-order valence-corrected chi connectivity index (χ3v) is 8.36. The number of aromatic nitrogens is 5. The fourth-order valence-corrected chi connectivity index (χ4v) is 5.82. The quantitative estimate of drug-likeness (QED) is 0.151. The number of benzene rings is 2. The van der Waals surface area contributed by atoms with Crippen LogP contribution in [0.2, 0.25) is 15.2 Å². The van der Waals surface area contributed by atoms with Gasteiger partial charge < -0.3 is 20.6 Å². The molecule has 3 N–H and O–H groups in total. The van der Waals surface area contributed by atoms with Crippen LogP contribution in [0.5, 0.6) is 0 Å². The molecule has 15 heteroatoms. The minimum Gasteiger partial charge on any atom is -0.465 e. The van der Waals surface area contributed by atoms with Gasteiger partial charge in [-0.1, -0.05) is 46.1 Å². The van der Waals surface area contributed by atoms with Crippen molar-refractivity contribution in [3.8, 4) is 6.07 Å². The van der Waals surface area contributed by atoms with E-state index in [9.17, 15) is 19.6 Å². The number of carboxylic acid groups (broad SMARTS) is 1. The van der Waals surface area contributed by atoms with Crippen LogP contribution in [0.4, 0.5) is 26.2 Å². The number of amides is 1. The average molecular weight is 667 g/mol. The monoisotopic (exact) mass is 665 g/mol. The number of fused-ring (bicyclic) bond motifs is 1. The molecule has 3 aromatic heterocycles. The highest BCUT2D eigenvalue weighted by Crippen LogP contribution is 2.37. The van der Waals surface area contributed by atoms with E-state index in [1.165, 1.54) is 29.3 Å². The van der Waals surface area contributed by atoms with Crippen LogP contribution in [0.1, 0.15) is 41.7 Å². The van der Waals surface area contributed by atoms with E-state index in [-0.39, 0.29) is 16.6 Å². The second-order valence-corrected chi connectivity index (χ2v) is 11.6. The van der Waals surface area contributed by atoms with Crippen LogP contribution < -0.4 is 10.6 Å². The van der Waals surface area contributed by atoms with Gasteiger partial charge in [-0.25, -0.2) is 18.9 Å². The standard InChI is InChI=1S/C30H23Cl3FN9O2/c31-22-10-18(2-3-24(22)34)38-27-17(12-35)14-37-29-21(27)9-19(11-23(29)32)39-28(16-1-4-26(33)36-13-16)25-15-43(41-40-25)20-5-7-42(8-6-20)30(44)45/h1-4,9-11,13-15,20,28,39H,5-8H2,(H,37,38)(H,44,45)/t28-/m0/s1. The highest BCUT2D eigenvalue weighted by molar-refractivity contribution is 6.36. The van der Waals surface area contributed by atoms with Crippen molar-refractivity contribution in [2.24, 2.45) is 0 Å². The number of carbonyl (C=O) groups is 1. The highest BCUT2D eigenvalue weighted by Gasteiger charge is 2.26. The molecule has 0 spiro atoms. The van der Waals surface area contributed by atoms with Gasteiger partial charge in [0, 0.05) is 42.2 Å². The zero-order valence-corrected chi connectivity index (χ0v) is 25.5. The molecule has 0 radical (unpaired) electrons. The average Bonchev–Trinajstić information content (AvgIpc) is 3.53. The van der Waals surface area contributed by atoms with E-state index in [0.29, 0.717) is 69.8 Å². The van der Waals surface area contributed by atoms with Crippen LogP contribution in [-0.2, 0) is 0 Å². The number of nitriles is 1. The molecule has 5 aromatic rings. The second-order valence-electron chi connectivity index (χ2n) is 10.4. The first-order valence-corrected chi connectivity index (χ1v) is 14.9. The molecule has 228 valence electrons. The van der Waals surface area contributed by atoms with Crippen molar-refractivity contribution in [3.05, 3.63) is 98.9 Å². The second kappa shape index (κ2) is 12.7. The van der Waals surface area contributed by atoms with E-state index in [2.05, 4.69) is 37.0 Å². The van der Waals surface area contributed by atoms with Crippen molar-refractivity contribution in [2.45, 2.75) is 24.9 Å². The fraction of sp³-hybridized carbons (Fsp3) is 0.200. The van der Waals surface area contributed by atoms with E-state index < -0.39 is 18.0 Å². The molecule has 1 atom stereocenters. The zero-order valence-electron chi connectivity index (χ0n) is 23.3.